The Kier molecular flexibility index (Phi) is 5.15. The molecule has 4 rings (SSSR count). The van der Waals surface area contributed by atoms with Crippen molar-refractivity contribution in [2.45, 2.75) is 51.9 Å². The van der Waals surface area contributed by atoms with Crippen LogP contribution in [0.3, 0.4) is 0 Å². The topological polar surface area (TPSA) is 35.5 Å². The number of aryl methyl sites for hydroxylation is 2. The van der Waals surface area contributed by atoms with Crippen molar-refractivity contribution < 1.29 is 9.50 Å². The molecule has 1 saturated heterocycles. The summed E-state index contributed by atoms with van der Waals surface area (Å²) in [5, 5.41) is 12.8. The second-order valence-electron chi connectivity index (χ2n) is 8.32. The van der Waals surface area contributed by atoms with Crippen molar-refractivity contribution in [1.29, 1.82) is 0 Å². The summed E-state index contributed by atoms with van der Waals surface area (Å²) >= 11 is 0. The highest BCUT2D eigenvalue weighted by molar-refractivity contribution is 5.78. The molecule has 1 saturated carbocycles. The first kappa shape index (κ1) is 19.0. The average molecular weight is 381 g/mol. The SMILES string of the molecule is C=C(NN1CCCCC1)c1cc(C2CC2)cc(-c2cc(C)cc(C)c2O)c1F. The van der Waals surface area contributed by atoms with E-state index in [2.05, 4.69) is 17.0 Å². The van der Waals surface area contributed by atoms with Gasteiger partial charge in [-0.05, 0) is 80.3 Å². The molecular formula is C24H29FN2O. The minimum Gasteiger partial charge on any atom is -0.507 e. The minimum absolute atomic E-state index is 0.151. The van der Waals surface area contributed by atoms with Crippen LogP contribution in [0.4, 0.5) is 4.39 Å². The van der Waals surface area contributed by atoms with Crippen molar-refractivity contribution in [3.63, 3.8) is 0 Å². The van der Waals surface area contributed by atoms with Crippen molar-refractivity contribution in [3.8, 4) is 16.9 Å². The number of halogens is 1. The van der Waals surface area contributed by atoms with Crippen LogP contribution in [0.5, 0.6) is 5.75 Å². The summed E-state index contributed by atoms with van der Waals surface area (Å²) in [5.74, 6) is 0.311. The van der Waals surface area contributed by atoms with Gasteiger partial charge in [-0.3, -0.25) is 0 Å². The number of phenols is 1. The van der Waals surface area contributed by atoms with Crippen LogP contribution in [-0.2, 0) is 0 Å². The monoisotopic (exact) mass is 380 g/mol. The Balaban J connectivity index is 1.76. The van der Waals surface area contributed by atoms with Crippen LogP contribution in [0.25, 0.3) is 16.8 Å². The van der Waals surface area contributed by atoms with Crippen molar-refractivity contribution in [1.82, 2.24) is 10.4 Å². The lowest BCUT2D eigenvalue weighted by molar-refractivity contribution is 0.189. The molecule has 1 aliphatic carbocycles. The highest BCUT2D eigenvalue weighted by Crippen LogP contribution is 2.44. The van der Waals surface area contributed by atoms with Crippen LogP contribution in [0, 0.1) is 19.7 Å². The van der Waals surface area contributed by atoms with Gasteiger partial charge < -0.3 is 10.5 Å². The quantitative estimate of drug-likeness (QED) is 0.703. The molecule has 0 amide bonds. The minimum atomic E-state index is -0.320. The molecule has 28 heavy (non-hydrogen) atoms. The summed E-state index contributed by atoms with van der Waals surface area (Å²) in [7, 11) is 0. The summed E-state index contributed by atoms with van der Waals surface area (Å²) < 4.78 is 15.6. The van der Waals surface area contributed by atoms with E-state index in [1.165, 1.54) is 6.42 Å². The van der Waals surface area contributed by atoms with Gasteiger partial charge in [0.2, 0.25) is 0 Å². The molecule has 1 heterocycles. The molecule has 0 aromatic heterocycles. The number of hydrogen-bond acceptors (Lipinski definition) is 3. The Bertz CT molecular complexity index is 911. The zero-order chi connectivity index (χ0) is 19.8. The summed E-state index contributed by atoms with van der Waals surface area (Å²) in [6, 6.07) is 7.63. The number of aromatic hydroxyl groups is 1. The Morgan fingerprint density at radius 1 is 1.07 bits per heavy atom. The molecule has 2 aromatic carbocycles. The second-order valence-corrected chi connectivity index (χ2v) is 8.32. The van der Waals surface area contributed by atoms with Gasteiger partial charge in [0.25, 0.3) is 0 Å². The molecular weight excluding hydrogens is 351 g/mol. The molecule has 4 heteroatoms. The maximum Gasteiger partial charge on any atom is 0.140 e. The third-order valence-corrected chi connectivity index (χ3v) is 5.85. The third-order valence-electron chi connectivity index (χ3n) is 5.85. The van der Waals surface area contributed by atoms with Crippen molar-refractivity contribution in [2.75, 3.05) is 13.1 Å². The normalized spacial score (nSPS) is 17.5. The van der Waals surface area contributed by atoms with Gasteiger partial charge in [0.05, 0.1) is 5.70 Å². The van der Waals surface area contributed by atoms with Gasteiger partial charge in [0.15, 0.2) is 0 Å². The van der Waals surface area contributed by atoms with Crippen LogP contribution in [0.15, 0.2) is 30.8 Å². The van der Waals surface area contributed by atoms with Crippen LogP contribution in [0.1, 0.15) is 60.3 Å². The molecule has 1 aliphatic heterocycles. The van der Waals surface area contributed by atoms with Crippen molar-refractivity contribution in [2.24, 2.45) is 0 Å². The van der Waals surface area contributed by atoms with E-state index in [-0.39, 0.29) is 11.6 Å². The van der Waals surface area contributed by atoms with Crippen molar-refractivity contribution >= 4 is 5.70 Å². The number of nitrogens with zero attached hydrogens (tertiary/aromatic N) is 1. The fraction of sp³-hybridized carbons (Fsp3) is 0.417. The van der Waals surface area contributed by atoms with Crippen LogP contribution in [0.2, 0.25) is 0 Å². The lowest BCUT2D eigenvalue weighted by Gasteiger charge is -2.29. The van der Waals surface area contributed by atoms with Gasteiger partial charge in [-0.15, -0.1) is 0 Å². The lowest BCUT2D eigenvalue weighted by Crippen LogP contribution is -2.40. The molecule has 0 bridgehead atoms. The largest absolute Gasteiger partial charge is 0.507 e. The van der Waals surface area contributed by atoms with Gasteiger partial charge in [0.1, 0.15) is 11.6 Å². The molecule has 2 aliphatic rings. The molecule has 0 atom stereocenters. The van der Waals surface area contributed by atoms with Gasteiger partial charge in [-0.1, -0.05) is 19.1 Å². The predicted molar refractivity (Wildman–Crippen MR) is 113 cm³/mol. The molecule has 0 spiro atoms. The molecule has 148 valence electrons. The molecule has 3 nitrogen and oxygen atoms in total. The number of benzene rings is 2. The first-order valence-electron chi connectivity index (χ1n) is 10.3. The van der Waals surface area contributed by atoms with E-state index in [0.717, 1.165) is 55.5 Å². The Morgan fingerprint density at radius 3 is 2.46 bits per heavy atom. The Hall–Kier alpha value is -2.33. The summed E-state index contributed by atoms with van der Waals surface area (Å²) in [6.07, 6.45) is 5.80. The molecule has 2 aromatic rings. The first-order valence-corrected chi connectivity index (χ1v) is 10.3. The van der Waals surface area contributed by atoms with E-state index < -0.39 is 0 Å². The molecule has 2 N–H and O–H groups in total. The number of rotatable bonds is 5. The van der Waals surface area contributed by atoms with Crippen LogP contribution < -0.4 is 5.43 Å². The summed E-state index contributed by atoms with van der Waals surface area (Å²) in [6.45, 7) is 9.86. The van der Waals surface area contributed by atoms with Gasteiger partial charge in [-0.25, -0.2) is 9.40 Å². The third kappa shape index (κ3) is 3.79. The zero-order valence-electron chi connectivity index (χ0n) is 16.8. The maximum absolute atomic E-state index is 15.6. The fourth-order valence-corrected chi connectivity index (χ4v) is 4.14. The fourth-order valence-electron chi connectivity index (χ4n) is 4.14. The first-order chi connectivity index (χ1) is 13.4. The summed E-state index contributed by atoms with van der Waals surface area (Å²) in [4.78, 5) is 0. The number of piperidine rings is 1. The number of nitrogens with one attached hydrogen (secondary N) is 1. The van der Waals surface area contributed by atoms with E-state index in [1.54, 1.807) is 0 Å². The molecule has 0 unspecified atom stereocenters. The number of phenolic OH excluding ortho intramolecular Hbond substituents is 1. The highest BCUT2D eigenvalue weighted by Gasteiger charge is 2.27. The molecule has 2 fully saturated rings. The zero-order valence-corrected chi connectivity index (χ0v) is 16.8. The van der Waals surface area contributed by atoms with E-state index in [1.807, 2.05) is 38.1 Å². The Morgan fingerprint density at radius 2 is 1.79 bits per heavy atom. The Labute approximate surface area is 166 Å². The lowest BCUT2D eigenvalue weighted by atomic mass is 9.93. The second kappa shape index (κ2) is 7.59. The number of hydrazine groups is 1. The predicted octanol–water partition coefficient (Wildman–Crippen LogP) is 5.65. The van der Waals surface area contributed by atoms with Crippen molar-refractivity contribution in [3.05, 3.63) is 58.9 Å². The maximum atomic E-state index is 15.6. The van der Waals surface area contributed by atoms with E-state index in [4.69, 9.17) is 0 Å². The standard InChI is InChI=1S/C24H29FN2O/c1-15-11-16(2)24(28)22(12-15)21-14-19(18-7-8-18)13-20(23(21)25)17(3)26-27-9-5-4-6-10-27/h11-14,18,26,28H,3-10H2,1-2H3. The summed E-state index contributed by atoms with van der Waals surface area (Å²) in [5.41, 5.74) is 8.33. The van der Waals surface area contributed by atoms with Crippen LogP contribution in [-0.4, -0.2) is 23.2 Å². The van der Waals surface area contributed by atoms with E-state index in [9.17, 15) is 5.11 Å². The van der Waals surface area contributed by atoms with Gasteiger partial charge >= 0.3 is 0 Å². The number of hydrogen-bond donors (Lipinski definition) is 2. The average Bonchev–Trinajstić information content (AvgIpc) is 3.51. The van der Waals surface area contributed by atoms with Gasteiger partial charge in [-0.2, -0.15) is 0 Å². The van der Waals surface area contributed by atoms with E-state index >= 15 is 4.39 Å². The van der Waals surface area contributed by atoms with Crippen LogP contribution >= 0.6 is 0 Å². The highest BCUT2D eigenvalue weighted by atomic mass is 19.1. The van der Waals surface area contributed by atoms with Gasteiger partial charge in [0, 0.05) is 29.8 Å². The molecule has 0 radical (unpaired) electrons. The van der Waals surface area contributed by atoms with E-state index in [0.29, 0.717) is 28.3 Å². The smallest absolute Gasteiger partial charge is 0.140 e.